The number of hydrogen-bond donors (Lipinski definition) is 1. The van der Waals surface area contributed by atoms with Crippen LogP contribution >= 0.6 is 0 Å². The van der Waals surface area contributed by atoms with Crippen LogP contribution in [0.15, 0.2) is 36.5 Å². The van der Waals surface area contributed by atoms with Crippen molar-refractivity contribution in [3.05, 3.63) is 53.3 Å². The second kappa shape index (κ2) is 6.49. The quantitative estimate of drug-likeness (QED) is 0.890. The summed E-state index contributed by atoms with van der Waals surface area (Å²) in [5, 5.41) is 3.07. The largest absolute Gasteiger partial charge is 0.348 e. The first-order valence-corrected chi connectivity index (χ1v) is 8.40. The number of carbonyl (C=O) groups excluding carboxylic acids is 1. The maximum absolute atomic E-state index is 12.8. The zero-order valence-corrected chi connectivity index (χ0v) is 14.2. The highest BCUT2D eigenvalue weighted by Gasteiger charge is 2.30. The lowest BCUT2D eigenvalue weighted by atomic mass is 10.0. The SMILES string of the molecule is CCCC1c2cccn2CCN1C(=O)Nc1ccc(C)c(C)c1. The standard InChI is InChI=1S/C19H25N3O/c1-4-6-18-17-7-5-10-21(17)11-12-22(18)19(23)20-16-9-8-14(2)15(3)13-16/h5,7-10,13,18H,4,6,11-12H2,1-3H3,(H,20,23). The van der Waals surface area contributed by atoms with Gasteiger partial charge in [0, 0.05) is 30.7 Å². The zero-order chi connectivity index (χ0) is 16.4. The fraction of sp³-hybridized carbons (Fsp3) is 0.421. The van der Waals surface area contributed by atoms with Crippen LogP contribution in [0.4, 0.5) is 10.5 Å². The summed E-state index contributed by atoms with van der Waals surface area (Å²) in [5.41, 5.74) is 4.55. The lowest BCUT2D eigenvalue weighted by molar-refractivity contribution is 0.163. The average molecular weight is 311 g/mol. The van der Waals surface area contributed by atoms with Gasteiger partial charge in [-0.05, 0) is 55.7 Å². The molecule has 0 saturated heterocycles. The van der Waals surface area contributed by atoms with Crippen LogP contribution in [0.2, 0.25) is 0 Å². The molecule has 1 aromatic carbocycles. The van der Waals surface area contributed by atoms with Gasteiger partial charge in [0.25, 0.3) is 0 Å². The van der Waals surface area contributed by atoms with E-state index in [1.165, 1.54) is 16.8 Å². The molecule has 0 spiro atoms. The summed E-state index contributed by atoms with van der Waals surface area (Å²) in [6.45, 7) is 7.93. The van der Waals surface area contributed by atoms with E-state index in [2.05, 4.69) is 55.1 Å². The van der Waals surface area contributed by atoms with E-state index < -0.39 is 0 Å². The number of fused-ring (bicyclic) bond motifs is 1. The molecule has 0 saturated carbocycles. The first kappa shape index (κ1) is 15.7. The van der Waals surface area contributed by atoms with Crippen LogP contribution < -0.4 is 5.32 Å². The molecule has 1 aromatic heterocycles. The molecule has 2 aromatic rings. The summed E-state index contributed by atoms with van der Waals surface area (Å²) in [6.07, 6.45) is 4.16. The highest BCUT2D eigenvalue weighted by atomic mass is 16.2. The monoisotopic (exact) mass is 311 g/mol. The van der Waals surface area contributed by atoms with Gasteiger partial charge in [0.05, 0.1) is 6.04 Å². The molecule has 2 heterocycles. The Kier molecular flexibility index (Phi) is 4.42. The van der Waals surface area contributed by atoms with Crippen molar-refractivity contribution >= 4 is 11.7 Å². The van der Waals surface area contributed by atoms with Gasteiger partial charge in [0.15, 0.2) is 0 Å². The summed E-state index contributed by atoms with van der Waals surface area (Å²) in [6, 6.07) is 10.4. The van der Waals surface area contributed by atoms with Crippen LogP contribution in [-0.4, -0.2) is 22.0 Å². The maximum Gasteiger partial charge on any atom is 0.322 e. The third kappa shape index (κ3) is 3.11. The lowest BCUT2D eigenvalue weighted by Crippen LogP contribution is -2.44. The molecule has 2 amide bonds. The molecule has 4 heteroatoms. The van der Waals surface area contributed by atoms with E-state index in [0.29, 0.717) is 0 Å². The van der Waals surface area contributed by atoms with Gasteiger partial charge in [-0.25, -0.2) is 4.79 Å². The molecule has 0 bridgehead atoms. The molecule has 1 aliphatic rings. The van der Waals surface area contributed by atoms with Crippen LogP contribution in [0.5, 0.6) is 0 Å². The van der Waals surface area contributed by atoms with Gasteiger partial charge in [-0.2, -0.15) is 0 Å². The minimum Gasteiger partial charge on any atom is -0.348 e. The molecule has 0 radical (unpaired) electrons. The molecule has 122 valence electrons. The third-order valence-corrected chi connectivity index (χ3v) is 4.75. The second-order valence-electron chi connectivity index (χ2n) is 6.35. The number of amides is 2. The maximum atomic E-state index is 12.8. The Hall–Kier alpha value is -2.23. The molecule has 4 nitrogen and oxygen atoms in total. The van der Waals surface area contributed by atoms with Crippen molar-refractivity contribution in [2.24, 2.45) is 0 Å². The first-order valence-electron chi connectivity index (χ1n) is 8.40. The summed E-state index contributed by atoms with van der Waals surface area (Å²) in [4.78, 5) is 14.8. The minimum atomic E-state index is -0.000784. The van der Waals surface area contributed by atoms with E-state index >= 15 is 0 Å². The van der Waals surface area contributed by atoms with E-state index in [9.17, 15) is 4.79 Å². The smallest absolute Gasteiger partial charge is 0.322 e. The van der Waals surface area contributed by atoms with E-state index in [1.54, 1.807) is 0 Å². The average Bonchev–Trinajstić information content (AvgIpc) is 3.00. The van der Waals surface area contributed by atoms with E-state index in [4.69, 9.17) is 0 Å². The van der Waals surface area contributed by atoms with Crippen molar-refractivity contribution in [2.45, 2.75) is 46.2 Å². The summed E-state index contributed by atoms with van der Waals surface area (Å²) < 4.78 is 2.26. The Balaban J connectivity index is 1.79. The molecule has 0 aliphatic carbocycles. The normalized spacial score (nSPS) is 17.0. The molecule has 23 heavy (non-hydrogen) atoms. The number of nitrogens with zero attached hydrogens (tertiary/aromatic N) is 2. The number of hydrogen-bond acceptors (Lipinski definition) is 1. The van der Waals surface area contributed by atoms with Crippen molar-refractivity contribution in [1.82, 2.24) is 9.47 Å². The third-order valence-electron chi connectivity index (χ3n) is 4.75. The van der Waals surface area contributed by atoms with E-state index in [1.807, 2.05) is 17.0 Å². The zero-order valence-electron chi connectivity index (χ0n) is 14.2. The van der Waals surface area contributed by atoms with E-state index in [-0.39, 0.29) is 12.1 Å². The number of carbonyl (C=O) groups is 1. The molecule has 1 atom stereocenters. The molecular formula is C19H25N3O. The van der Waals surface area contributed by atoms with Crippen LogP contribution in [0, 0.1) is 13.8 Å². The lowest BCUT2D eigenvalue weighted by Gasteiger charge is -2.37. The number of aryl methyl sites for hydroxylation is 2. The van der Waals surface area contributed by atoms with Crippen molar-refractivity contribution in [2.75, 3.05) is 11.9 Å². The minimum absolute atomic E-state index is 0.000784. The molecule has 1 aliphatic heterocycles. The van der Waals surface area contributed by atoms with Crippen LogP contribution in [0.1, 0.15) is 42.6 Å². The fourth-order valence-electron chi connectivity index (χ4n) is 3.30. The van der Waals surface area contributed by atoms with Crippen LogP contribution in [-0.2, 0) is 6.54 Å². The number of rotatable bonds is 3. The number of urea groups is 1. The van der Waals surface area contributed by atoms with Gasteiger partial charge in [0.1, 0.15) is 0 Å². The van der Waals surface area contributed by atoms with E-state index in [0.717, 1.165) is 31.6 Å². The van der Waals surface area contributed by atoms with Crippen molar-refractivity contribution in [1.29, 1.82) is 0 Å². The van der Waals surface area contributed by atoms with Gasteiger partial charge in [-0.3, -0.25) is 0 Å². The van der Waals surface area contributed by atoms with Gasteiger partial charge < -0.3 is 14.8 Å². The Bertz CT molecular complexity index is 704. The number of nitrogens with one attached hydrogen (secondary N) is 1. The predicted molar refractivity (Wildman–Crippen MR) is 93.7 cm³/mol. The first-order chi connectivity index (χ1) is 11.1. The summed E-state index contributed by atoms with van der Waals surface area (Å²) in [5.74, 6) is 0. The van der Waals surface area contributed by atoms with Gasteiger partial charge in [0.2, 0.25) is 0 Å². The molecule has 1 N–H and O–H groups in total. The number of anilines is 1. The van der Waals surface area contributed by atoms with Gasteiger partial charge in [-0.1, -0.05) is 19.4 Å². The second-order valence-corrected chi connectivity index (χ2v) is 6.35. The van der Waals surface area contributed by atoms with Crippen molar-refractivity contribution in [3.8, 4) is 0 Å². The Labute approximate surface area is 138 Å². The predicted octanol–water partition coefficient (Wildman–Crippen LogP) is 4.49. The topological polar surface area (TPSA) is 37.3 Å². The molecule has 0 fully saturated rings. The Morgan fingerprint density at radius 3 is 2.78 bits per heavy atom. The Morgan fingerprint density at radius 2 is 2.04 bits per heavy atom. The highest BCUT2D eigenvalue weighted by molar-refractivity contribution is 5.89. The van der Waals surface area contributed by atoms with Gasteiger partial charge in [-0.15, -0.1) is 0 Å². The van der Waals surface area contributed by atoms with Crippen molar-refractivity contribution < 1.29 is 4.79 Å². The number of aromatic nitrogens is 1. The Morgan fingerprint density at radius 1 is 1.22 bits per heavy atom. The number of benzene rings is 1. The fourth-order valence-corrected chi connectivity index (χ4v) is 3.30. The summed E-state index contributed by atoms with van der Waals surface area (Å²) in [7, 11) is 0. The van der Waals surface area contributed by atoms with Gasteiger partial charge >= 0.3 is 6.03 Å². The van der Waals surface area contributed by atoms with Crippen LogP contribution in [0.3, 0.4) is 0 Å². The van der Waals surface area contributed by atoms with Crippen molar-refractivity contribution in [3.63, 3.8) is 0 Å². The highest BCUT2D eigenvalue weighted by Crippen LogP contribution is 2.30. The summed E-state index contributed by atoms with van der Waals surface area (Å²) >= 11 is 0. The molecular weight excluding hydrogens is 286 g/mol. The molecule has 1 unspecified atom stereocenters. The van der Waals surface area contributed by atoms with Crippen LogP contribution in [0.25, 0.3) is 0 Å². The molecule has 3 rings (SSSR count).